The van der Waals surface area contributed by atoms with Crippen molar-refractivity contribution in [2.45, 2.75) is 23.7 Å². The van der Waals surface area contributed by atoms with E-state index in [4.69, 9.17) is 26.3 Å². The number of ether oxygens (including phenoxy) is 1. The summed E-state index contributed by atoms with van der Waals surface area (Å²) in [4.78, 5) is 24.7. The summed E-state index contributed by atoms with van der Waals surface area (Å²) in [5.74, 6) is 0.836. The van der Waals surface area contributed by atoms with E-state index in [9.17, 15) is 4.79 Å². The van der Waals surface area contributed by atoms with Crippen molar-refractivity contribution in [1.82, 2.24) is 14.9 Å². The maximum atomic E-state index is 12.9. The minimum Gasteiger partial charge on any atom is -0.379 e. The molecular formula is C22H22ClN3O2S. The minimum absolute atomic E-state index is 0.0593. The Bertz CT molecular complexity index is 1010. The molecule has 0 aliphatic carbocycles. The first-order chi connectivity index (χ1) is 14.1. The fourth-order valence-corrected chi connectivity index (χ4v) is 4.44. The molecule has 150 valence electrons. The summed E-state index contributed by atoms with van der Waals surface area (Å²) in [5, 5.41) is 2.16. The van der Waals surface area contributed by atoms with Crippen molar-refractivity contribution in [3.8, 4) is 0 Å². The Balaban J connectivity index is 1.59. The van der Waals surface area contributed by atoms with Crippen LogP contribution in [0.1, 0.15) is 23.1 Å². The third-order valence-electron chi connectivity index (χ3n) is 4.87. The number of thioether (sulfide) groups is 1. The van der Waals surface area contributed by atoms with E-state index in [0.29, 0.717) is 17.1 Å². The first kappa shape index (κ1) is 20.3. The van der Waals surface area contributed by atoms with E-state index in [1.807, 2.05) is 31.2 Å². The van der Waals surface area contributed by atoms with E-state index < -0.39 is 0 Å². The van der Waals surface area contributed by atoms with Gasteiger partial charge in [-0.05, 0) is 37.3 Å². The standard InChI is InChI=1S/C22H22ClN3O2S/c1-15(21(27)16-6-8-17(23)9-7-16)29-22-18-4-2-3-5-19(18)24-20(25-22)14-26-10-12-28-13-11-26/h2-9,15H,10-14H2,1H3. The third kappa shape index (κ3) is 4.95. The summed E-state index contributed by atoms with van der Waals surface area (Å²) >= 11 is 7.42. The fourth-order valence-electron chi connectivity index (χ4n) is 3.28. The van der Waals surface area contributed by atoms with E-state index in [0.717, 1.165) is 48.1 Å². The summed E-state index contributed by atoms with van der Waals surface area (Å²) < 4.78 is 5.43. The van der Waals surface area contributed by atoms with E-state index in [1.165, 1.54) is 11.8 Å². The Morgan fingerprint density at radius 1 is 1.14 bits per heavy atom. The van der Waals surface area contributed by atoms with Gasteiger partial charge in [-0.25, -0.2) is 9.97 Å². The molecule has 1 aliphatic rings. The molecule has 2 heterocycles. The highest BCUT2D eigenvalue weighted by atomic mass is 35.5. The van der Waals surface area contributed by atoms with Crippen molar-refractivity contribution in [2.24, 2.45) is 0 Å². The minimum atomic E-state index is -0.272. The second kappa shape index (κ2) is 9.22. The van der Waals surface area contributed by atoms with Crippen LogP contribution < -0.4 is 0 Å². The molecule has 0 radical (unpaired) electrons. The lowest BCUT2D eigenvalue weighted by molar-refractivity contribution is 0.0330. The van der Waals surface area contributed by atoms with Crippen LogP contribution in [-0.2, 0) is 11.3 Å². The SMILES string of the molecule is CC(Sc1nc(CN2CCOCC2)nc2ccccc12)C(=O)c1ccc(Cl)cc1. The van der Waals surface area contributed by atoms with Crippen molar-refractivity contribution < 1.29 is 9.53 Å². The molecule has 7 heteroatoms. The molecule has 1 aliphatic heterocycles. The maximum absolute atomic E-state index is 12.9. The van der Waals surface area contributed by atoms with E-state index in [-0.39, 0.29) is 11.0 Å². The average molecular weight is 428 g/mol. The molecule has 3 aromatic rings. The van der Waals surface area contributed by atoms with Crippen LogP contribution in [0.4, 0.5) is 0 Å². The normalized spacial score (nSPS) is 16.1. The lowest BCUT2D eigenvalue weighted by Gasteiger charge is -2.26. The molecule has 29 heavy (non-hydrogen) atoms. The Kier molecular flexibility index (Phi) is 6.45. The highest BCUT2D eigenvalue weighted by Gasteiger charge is 2.20. The van der Waals surface area contributed by atoms with Crippen molar-refractivity contribution in [1.29, 1.82) is 0 Å². The van der Waals surface area contributed by atoms with Gasteiger partial charge in [-0.15, -0.1) is 0 Å². The number of fused-ring (bicyclic) bond motifs is 1. The van der Waals surface area contributed by atoms with E-state index in [1.54, 1.807) is 24.3 Å². The van der Waals surface area contributed by atoms with Gasteiger partial charge >= 0.3 is 0 Å². The van der Waals surface area contributed by atoms with Crippen LogP contribution in [-0.4, -0.2) is 52.2 Å². The summed E-state index contributed by atoms with van der Waals surface area (Å²) in [6, 6.07) is 15.0. The highest BCUT2D eigenvalue weighted by Crippen LogP contribution is 2.30. The highest BCUT2D eigenvalue weighted by molar-refractivity contribution is 8.00. The molecule has 2 aromatic carbocycles. The van der Waals surface area contributed by atoms with Crippen LogP contribution in [0.25, 0.3) is 10.9 Å². The van der Waals surface area contributed by atoms with Gasteiger partial charge in [-0.3, -0.25) is 9.69 Å². The number of morpholine rings is 1. The van der Waals surface area contributed by atoms with Crippen LogP contribution in [0.3, 0.4) is 0 Å². The molecule has 0 N–H and O–H groups in total. The summed E-state index contributed by atoms with van der Waals surface area (Å²) in [6.07, 6.45) is 0. The average Bonchev–Trinajstić information content (AvgIpc) is 2.74. The Morgan fingerprint density at radius 3 is 2.62 bits per heavy atom. The number of carbonyl (C=O) groups is 1. The third-order valence-corrected chi connectivity index (χ3v) is 6.22. The number of hydrogen-bond acceptors (Lipinski definition) is 6. The molecule has 1 aromatic heterocycles. The van der Waals surface area contributed by atoms with Gasteiger partial charge in [0.25, 0.3) is 0 Å². The zero-order valence-electron chi connectivity index (χ0n) is 16.2. The van der Waals surface area contributed by atoms with Crippen LogP contribution in [0.15, 0.2) is 53.6 Å². The second-order valence-electron chi connectivity index (χ2n) is 6.98. The number of ketones is 1. The smallest absolute Gasteiger partial charge is 0.175 e. The first-order valence-corrected chi connectivity index (χ1v) is 10.9. The lowest BCUT2D eigenvalue weighted by atomic mass is 10.1. The fraction of sp³-hybridized carbons (Fsp3) is 0.318. The molecule has 1 atom stereocenters. The molecule has 5 nitrogen and oxygen atoms in total. The summed E-state index contributed by atoms with van der Waals surface area (Å²) in [6.45, 7) is 5.83. The van der Waals surface area contributed by atoms with Gasteiger partial charge < -0.3 is 4.74 Å². The number of rotatable bonds is 6. The van der Waals surface area contributed by atoms with Gasteiger partial charge in [0.1, 0.15) is 10.9 Å². The predicted molar refractivity (Wildman–Crippen MR) is 117 cm³/mol. The van der Waals surface area contributed by atoms with Crippen LogP contribution in [0, 0.1) is 0 Å². The predicted octanol–water partition coefficient (Wildman–Crippen LogP) is 4.48. The molecule has 4 rings (SSSR count). The Hall–Kier alpha value is -1.99. The van der Waals surface area contributed by atoms with Crippen molar-refractivity contribution in [3.05, 3.63) is 64.9 Å². The van der Waals surface area contributed by atoms with E-state index in [2.05, 4.69) is 4.90 Å². The largest absolute Gasteiger partial charge is 0.379 e. The van der Waals surface area contributed by atoms with Crippen molar-refractivity contribution in [3.63, 3.8) is 0 Å². The number of aromatic nitrogens is 2. The number of benzene rings is 2. The van der Waals surface area contributed by atoms with Crippen LogP contribution >= 0.6 is 23.4 Å². The molecule has 1 unspecified atom stereocenters. The Morgan fingerprint density at radius 2 is 1.86 bits per heavy atom. The maximum Gasteiger partial charge on any atom is 0.175 e. The topological polar surface area (TPSA) is 55.3 Å². The number of halogens is 1. The van der Waals surface area contributed by atoms with Gasteiger partial charge in [-0.1, -0.05) is 41.6 Å². The van der Waals surface area contributed by atoms with E-state index >= 15 is 0 Å². The first-order valence-electron chi connectivity index (χ1n) is 9.62. The lowest BCUT2D eigenvalue weighted by Crippen LogP contribution is -2.36. The molecule has 0 saturated carbocycles. The van der Waals surface area contributed by atoms with Crippen LogP contribution in [0.5, 0.6) is 0 Å². The monoisotopic (exact) mass is 427 g/mol. The molecule has 0 amide bonds. The second-order valence-corrected chi connectivity index (χ2v) is 8.75. The van der Waals surface area contributed by atoms with Gasteiger partial charge in [0, 0.05) is 29.1 Å². The van der Waals surface area contributed by atoms with Crippen LogP contribution in [0.2, 0.25) is 5.02 Å². The van der Waals surface area contributed by atoms with Gasteiger partial charge in [-0.2, -0.15) is 0 Å². The molecular weight excluding hydrogens is 406 g/mol. The number of nitrogens with zero attached hydrogens (tertiary/aromatic N) is 3. The zero-order chi connectivity index (χ0) is 20.2. The number of carbonyl (C=O) groups excluding carboxylic acids is 1. The molecule has 1 saturated heterocycles. The zero-order valence-corrected chi connectivity index (χ0v) is 17.7. The molecule has 0 spiro atoms. The van der Waals surface area contributed by atoms with Gasteiger partial charge in [0.05, 0.1) is 30.5 Å². The number of Topliss-reactive ketones (excluding diaryl/α,β-unsaturated/α-hetero) is 1. The van der Waals surface area contributed by atoms with Crippen molar-refractivity contribution >= 4 is 40.0 Å². The molecule has 1 fully saturated rings. The number of para-hydroxylation sites is 1. The number of hydrogen-bond donors (Lipinski definition) is 0. The Labute approximate surface area is 179 Å². The van der Waals surface area contributed by atoms with Gasteiger partial charge in [0.15, 0.2) is 5.78 Å². The van der Waals surface area contributed by atoms with Gasteiger partial charge in [0.2, 0.25) is 0 Å². The summed E-state index contributed by atoms with van der Waals surface area (Å²) in [7, 11) is 0. The molecule has 0 bridgehead atoms. The van der Waals surface area contributed by atoms with Crippen molar-refractivity contribution in [2.75, 3.05) is 26.3 Å². The summed E-state index contributed by atoms with van der Waals surface area (Å²) in [5.41, 5.74) is 1.56. The quantitative estimate of drug-likeness (QED) is 0.328.